The molecule has 2 aromatic rings. The fourth-order valence-corrected chi connectivity index (χ4v) is 1.27. The molecule has 0 aliphatic carbocycles. The summed E-state index contributed by atoms with van der Waals surface area (Å²) in [5.41, 5.74) is 0.821. The maximum atomic E-state index is 10.9. The van der Waals surface area contributed by atoms with Crippen molar-refractivity contribution < 1.29 is 10.4 Å². The Morgan fingerprint density at radius 1 is 1.29 bits per heavy atom. The predicted octanol–water partition coefficient (Wildman–Crippen LogP) is 0.276. The third-order valence-electron chi connectivity index (χ3n) is 1.89. The van der Waals surface area contributed by atoms with E-state index in [1.807, 2.05) is 0 Å². The number of hydrogen-bond donors (Lipinski definition) is 2. The number of para-hydroxylation sites is 2. The largest absolute Gasteiger partial charge is 0.595 e. The van der Waals surface area contributed by atoms with Gasteiger partial charge in [-0.05, 0) is 12.1 Å². The fourth-order valence-electron chi connectivity index (χ4n) is 1.27. The van der Waals surface area contributed by atoms with Crippen molar-refractivity contribution in [1.29, 1.82) is 0 Å². The van der Waals surface area contributed by atoms with Gasteiger partial charge in [0.1, 0.15) is 5.69 Å². The second kappa shape index (κ2) is 3.59. The molecule has 0 aliphatic rings. The molecule has 14 heavy (non-hydrogen) atoms. The highest BCUT2D eigenvalue weighted by Crippen LogP contribution is 2.14. The number of hydrogen-bond acceptors (Lipinski definition) is 3. The van der Waals surface area contributed by atoms with Gasteiger partial charge in [-0.1, -0.05) is 12.1 Å². The highest BCUT2D eigenvalue weighted by atomic mass is 16.8. The van der Waals surface area contributed by atoms with Crippen LogP contribution in [0.15, 0.2) is 42.7 Å². The van der Waals surface area contributed by atoms with Crippen molar-refractivity contribution >= 4 is 5.69 Å². The van der Waals surface area contributed by atoms with E-state index in [-0.39, 0.29) is 5.69 Å². The van der Waals surface area contributed by atoms with Crippen molar-refractivity contribution in [3.05, 3.63) is 47.9 Å². The minimum atomic E-state index is -0.948. The van der Waals surface area contributed by atoms with Gasteiger partial charge in [0.15, 0.2) is 5.69 Å². The van der Waals surface area contributed by atoms with Gasteiger partial charge in [-0.3, -0.25) is 0 Å². The highest BCUT2D eigenvalue weighted by molar-refractivity contribution is 5.50. The Hall–Kier alpha value is -1.69. The normalized spacial score (nSPS) is 12.7. The number of benzene rings is 1. The predicted molar refractivity (Wildman–Crippen MR) is 49.3 cm³/mol. The highest BCUT2D eigenvalue weighted by Gasteiger charge is 2.08. The van der Waals surface area contributed by atoms with E-state index in [1.165, 1.54) is 4.68 Å². The van der Waals surface area contributed by atoms with Crippen LogP contribution in [0.1, 0.15) is 0 Å². The fraction of sp³-hybridized carbons (Fsp3) is 0. The maximum absolute atomic E-state index is 10.9. The van der Waals surface area contributed by atoms with Crippen LogP contribution < -0.4 is 5.23 Å². The molecule has 0 amide bonds. The Morgan fingerprint density at radius 3 is 2.71 bits per heavy atom. The quantitative estimate of drug-likeness (QED) is 0.670. The molecule has 0 fully saturated rings. The summed E-state index contributed by atoms with van der Waals surface area (Å²) < 4.78 is 1.53. The van der Waals surface area contributed by atoms with E-state index in [0.29, 0.717) is 5.69 Å². The number of nitrogens with one attached hydrogen (secondary N) is 1. The van der Waals surface area contributed by atoms with Gasteiger partial charge in [-0.15, -0.1) is 0 Å². The van der Waals surface area contributed by atoms with Gasteiger partial charge in [-0.2, -0.15) is 10.3 Å². The summed E-state index contributed by atoms with van der Waals surface area (Å²) in [6.07, 6.45) is 3.32. The smallest absolute Gasteiger partial charge is 0.189 e. The standard InChI is InChI=1S/C9H9N3O2/c13-12(14)9-5-2-1-4-8(9)11-7-3-6-10-11/h1-7,12-13H. The first-order valence-corrected chi connectivity index (χ1v) is 4.11. The molecule has 1 unspecified atom stereocenters. The van der Waals surface area contributed by atoms with E-state index in [0.717, 1.165) is 0 Å². The molecule has 72 valence electrons. The summed E-state index contributed by atoms with van der Waals surface area (Å²) in [5.74, 6) is 0. The Labute approximate surface area is 80.4 Å². The Balaban J connectivity index is 2.53. The molecule has 5 heteroatoms. The SMILES string of the molecule is [O-][NH+](O)c1ccccc1-n1cccn1. The summed E-state index contributed by atoms with van der Waals surface area (Å²) in [7, 11) is 0. The van der Waals surface area contributed by atoms with Crippen LogP contribution in [0.4, 0.5) is 5.69 Å². The molecule has 1 atom stereocenters. The van der Waals surface area contributed by atoms with Crippen molar-refractivity contribution in [2.45, 2.75) is 0 Å². The van der Waals surface area contributed by atoms with Crippen molar-refractivity contribution in [1.82, 2.24) is 9.78 Å². The molecule has 0 bridgehead atoms. The first kappa shape index (κ1) is 8.89. The number of nitrogens with zero attached hydrogens (tertiary/aromatic N) is 2. The van der Waals surface area contributed by atoms with E-state index in [1.54, 1.807) is 42.7 Å². The van der Waals surface area contributed by atoms with E-state index in [9.17, 15) is 5.21 Å². The van der Waals surface area contributed by atoms with Gasteiger partial charge in [-0.25, -0.2) is 9.89 Å². The van der Waals surface area contributed by atoms with Crippen LogP contribution in [0.2, 0.25) is 0 Å². The van der Waals surface area contributed by atoms with Crippen LogP contribution in [0, 0.1) is 5.21 Å². The average molecular weight is 191 g/mol. The second-order valence-corrected chi connectivity index (χ2v) is 2.77. The van der Waals surface area contributed by atoms with Crippen LogP contribution >= 0.6 is 0 Å². The minimum Gasteiger partial charge on any atom is -0.595 e. The lowest BCUT2D eigenvalue weighted by Crippen LogP contribution is -2.99. The average Bonchev–Trinajstić information content (AvgIpc) is 2.70. The Morgan fingerprint density at radius 2 is 2.07 bits per heavy atom. The zero-order chi connectivity index (χ0) is 9.97. The summed E-state index contributed by atoms with van der Waals surface area (Å²) in [6, 6.07) is 8.49. The van der Waals surface area contributed by atoms with Crippen LogP contribution in [0.25, 0.3) is 5.69 Å². The zero-order valence-electron chi connectivity index (χ0n) is 7.29. The zero-order valence-corrected chi connectivity index (χ0v) is 7.29. The summed E-state index contributed by atoms with van der Waals surface area (Å²) in [6.45, 7) is 0. The van der Waals surface area contributed by atoms with Crippen LogP contribution in [0.5, 0.6) is 0 Å². The van der Waals surface area contributed by atoms with E-state index >= 15 is 0 Å². The van der Waals surface area contributed by atoms with Crippen molar-refractivity contribution in [3.63, 3.8) is 0 Å². The van der Waals surface area contributed by atoms with Crippen LogP contribution in [-0.4, -0.2) is 15.0 Å². The molecule has 0 spiro atoms. The first-order chi connectivity index (χ1) is 6.79. The monoisotopic (exact) mass is 191 g/mol. The van der Waals surface area contributed by atoms with Gasteiger partial charge in [0.25, 0.3) is 0 Å². The number of aromatic nitrogens is 2. The topological polar surface area (TPSA) is 65.6 Å². The Bertz CT molecular complexity index is 412. The van der Waals surface area contributed by atoms with Gasteiger partial charge in [0.05, 0.1) is 0 Å². The molecule has 2 N–H and O–H groups in total. The van der Waals surface area contributed by atoms with E-state index < -0.39 is 5.23 Å². The van der Waals surface area contributed by atoms with Crippen molar-refractivity contribution in [2.75, 3.05) is 0 Å². The van der Waals surface area contributed by atoms with Crippen LogP contribution in [0.3, 0.4) is 0 Å². The molecule has 1 heterocycles. The second-order valence-electron chi connectivity index (χ2n) is 2.77. The summed E-state index contributed by atoms with van der Waals surface area (Å²) in [4.78, 5) is 0. The molecule has 2 rings (SSSR count). The van der Waals surface area contributed by atoms with Crippen molar-refractivity contribution in [3.8, 4) is 5.69 Å². The molecule has 1 aromatic heterocycles. The van der Waals surface area contributed by atoms with E-state index in [2.05, 4.69) is 5.10 Å². The first-order valence-electron chi connectivity index (χ1n) is 4.11. The maximum Gasteiger partial charge on any atom is 0.189 e. The molecule has 1 aromatic carbocycles. The number of quaternary nitrogens is 1. The molecule has 0 radical (unpaired) electrons. The molecule has 0 aliphatic heterocycles. The third kappa shape index (κ3) is 1.51. The lowest BCUT2D eigenvalue weighted by Gasteiger charge is -2.14. The lowest BCUT2D eigenvalue weighted by atomic mass is 10.3. The lowest BCUT2D eigenvalue weighted by molar-refractivity contribution is -0.991. The molecule has 0 saturated carbocycles. The minimum absolute atomic E-state index is 0.246. The molecular formula is C9H9N3O2. The van der Waals surface area contributed by atoms with Crippen LogP contribution in [-0.2, 0) is 0 Å². The Kier molecular flexibility index (Phi) is 2.28. The van der Waals surface area contributed by atoms with Crippen molar-refractivity contribution in [2.24, 2.45) is 0 Å². The van der Waals surface area contributed by atoms with Gasteiger partial charge < -0.3 is 5.21 Å². The molecule has 5 nitrogen and oxygen atoms in total. The number of rotatable bonds is 2. The third-order valence-corrected chi connectivity index (χ3v) is 1.89. The van der Waals surface area contributed by atoms with Gasteiger partial charge >= 0.3 is 0 Å². The summed E-state index contributed by atoms with van der Waals surface area (Å²) >= 11 is 0. The van der Waals surface area contributed by atoms with Gasteiger partial charge in [0, 0.05) is 18.5 Å². The summed E-state index contributed by atoms with van der Waals surface area (Å²) in [5, 5.41) is 22.8. The molecular weight excluding hydrogens is 182 g/mol. The van der Waals surface area contributed by atoms with Gasteiger partial charge in [0.2, 0.25) is 0 Å². The van der Waals surface area contributed by atoms with E-state index in [4.69, 9.17) is 5.21 Å². The molecule has 0 saturated heterocycles.